The van der Waals surface area contributed by atoms with Gasteiger partial charge in [-0.25, -0.2) is 17.6 Å². The van der Waals surface area contributed by atoms with Crippen LogP contribution in [0.15, 0.2) is 46.2 Å². The zero-order valence-electron chi connectivity index (χ0n) is 11.6. The molecule has 0 nitrogen and oxygen atoms in total. The van der Waals surface area contributed by atoms with Crippen LogP contribution in [0, 0.1) is 23.3 Å². The molecule has 0 amide bonds. The van der Waals surface area contributed by atoms with Gasteiger partial charge >= 0.3 is 0 Å². The minimum atomic E-state index is -0.584. The Morgan fingerprint density at radius 1 is 0.636 bits per heavy atom. The molecule has 0 radical (unpaired) electrons. The van der Waals surface area contributed by atoms with E-state index >= 15 is 0 Å². The minimum absolute atomic E-state index is 0.429. The molecule has 2 aromatic carbocycles. The molecule has 0 saturated carbocycles. The Balaban J connectivity index is 1.67. The lowest BCUT2D eigenvalue weighted by Gasteiger charge is -2.05. The summed E-state index contributed by atoms with van der Waals surface area (Å²) in [7, 11) is 0. The van der Waals surface area contributed by atoms with E-state index in [0.717, 1.165) is 25.0 Å². The minimum Gasteiger partial charge on any atom is -0.207 e. The molecule has 0 spiro atoms. The molecule has 0 saturated heterocycles. The Hall–Kier alpha value is -1.14. The highest BCUT2D eigenvalue weighted by Gasteiger charge is 2.05. The van der Waals surface area contributed by atoms with E-state index in [-0.39, 0.29) is 0 Å². The van der Waals surface area contributed by atoms with Crippen LogP contribution in [0.2, 0.25) is 0 Å². The monoisotopic (exact) mass is 346 g/mol. The van der Waals surface area contributed by atoms with Crippen LogP contribution in [-0.4, -0.2) is 11.5 Å². The van der Waals surface area contributed by atoms with Crippen molar-refractivity contribution < 1.29 is 17.6 Å². The first-order valence-corrected chi connectivity index (χ1v) is 8.69. The van der Waals surface area contributed by atoms with Crippen LogP contribution in [0.4, 0.5) is 17.6 Å². The second kappa shape index (κ2) is 8.48. The Kier molecular flexibility index (Phi) is 6.64. The van der Waals surface area contributed by atoms with Crippen LogP contribution in [0.25, 0.3) is 0 Å². The van der Waals surface area contributed by atoms with E-state index in [4.69, 9.17) is 0 Å². The van der Waals surface area contributed by atoms with Gasteiger partial charge in [0, 0.05) is 21.9 Å². The molecular weight excluding hydrogens is 332 g/mol. The first kappa shape index (κ1) is 17.2. The highest BCUT2D eigenvalue weighted by atomic mass is 32.2. The van der Waals surface area contributed by atoms with Crippen molar-refractivity contribution in [2.24, 2.45) is 0 Å². The van der Waals surface area contributed by atoms with E-state index in [1.165, 1.54) is 47.8 Å². The average Bonchev–Trinajstić information content (AvgIpc) is 2.46. The summed E-state index contributed by atoms with van der Waals surface area (Å²) in [5.74, 6) is -0.857. The summed E-state index contributed by atoms with van der Waals surface area (Å²) in [6.07, 6.45) is 1.66. The number of hydrogen-bond acceptors (Lipinski definition) is 2. The summed E-state index contributed by atoms with van der Waals surface area (Å²) < 4.78 is 52.3. The molecule has 0 N–H and O–H groups in total. The highest BCUT2D eigenvalue weighted by Crippen LogP contribution is 2.26. The smallest absolute Gasteiger partial charge is 0.139 e. The topological polar surface area (TPSA) is 0 Å². The van der Waals surface area contributed by atoms with Crippen molar-refractivity contribution in [2.75, 3.05) is 11.5 Å². The maximum absolute atomic E-state index is 13.4. The van der Waals surface area contributed by atoms with Crippen LogP contribution < -0.4 is 0 Å². The quantitative estimate of drug-likeness (QED) is 0.347. The summed E-state index contributed by atoms with van der Waals surface area (Å²) >= 11 is 2.67. The molecule has 22 heavy (non-hydrogen) atoms. The van der Waals surface area contributed by atoms with Gasteiger partial charge in [-0.2, -0.15) is 0 Å². The van der Waals surface area contributed by atoms with Gasteiger partial charge in [0.05, 0.1) is 0 Å². The molecule has 0 bridgehead atoms. The average molecular weight is 346 g/mol. The predicted octanol–water partition coefficient (Wildman–Crippen LogP) is 5.91. The Labute approximate surface area is 135 Å². The lowest BCUT2D eigenvalue weighted by molar-refractivity contribution is 0.564. The Morgan fingerprint density at radius 2 is 1.05 bits per heavy atom. The zero-order chi connectivity index (χ0) is 15.9. The standard InChI is InChI=1S/C16H14F4S2/c17-11-3-5-15(13(19)9-11)21-7-1-2-8-22-16-6-4-12(18)10-14(16)20/h3-6,9-10H,1-2,7-8H2. The molecule has 0 aliphatic heterocycles. The number of rotatable bonds is 7. The van der Waals surface area contributed by atoms with Crippen LogP contribution in [0.1, 0.15) is 12.8 Å². The van der Waals surface area contributed by atoms with Crippen molar-refractivity contribution in [1.29, 1.82) is 0 Å². The van der Waals surface area contributed by atoms with Gasteiger partial charge in [-0.15, -0.1) is 23.5 Å². The molecule has 2 aromatic rings. The fourth-order valence-corrected chi connectivity index (χ4v) is 3.61. The molecule has 6 heteroatoms. The normalized spacial score (nSPS) is 10.9. The van der Waals surface area contributed by atoms with Crippen molar-refractivity contribution >= 4 is 23.5 Å². The lowest BCUT2D eigenvalue weighted by atomic mass is 10.3. The van der Waals surface area contributed by atoms with Gasteiger partial charge in [-0.1, -0.05) is 0 Å². The molecule has 0 aliphatic rings. The third-order valence-electron chi connectivity index (χ3n) is 2.84. The van der Waals surface area contributed by atoms with Crippen molar-refractivity contribution in [3.63, 3.8) is 0 Å². The number of hydrogen-bond donors (Lipinski definition) is 0. The lowest BCUT2D eigenvalue weighted by Crippen LogP contribution is -1.89. The number of thioether (sulfide) groups is 2. The van der Waals surface area contributed by atoms with E-state index in [1.807, 2.05) is 0 Å². The molecule has 0 fully saturated rings. The van der Waals surface area contributed by atoms with Crippen molar-refractivity contribution in [3.8, 4) is 0 Å². The van der Waals surface area contributed by atoms with Crippen LogP contribution in [-0.2, 0) is 0 Å². The Bertz CT molecular complexity index is 576. The fourth-order valence-electron chi connectivity index (χ4n) is 1.75. The van der Waals surface area contributed by atoms with Crippen LogP contribution in [0.5, 0.6) is 0 Å². The fraction of sp³-hybridized carbons (Fsp3) is 0.250. The van der Waals surface area contributed by atoms with E-state index in [9.17, 15) is 17.6 Å². The third-order valence-corrected chi connectivity index (χ3v) is 5.11. The van der Waals surface area contributed by atoms with Gasteiger partial charge in [0.2, 0.25) is 0 Å². The molecular formula is C16H14F4S2. The number of unbranched alkanes of at least 4 members (excludes halogenated alkanes) is 1. The molecule has 118 valence electrons. The van der Waals surface area contributed by atoms with Crippen molar-refractivity contribution in [3.05, 3.63) is 59.7 Å². The molecule has 2 rings (SSSR count). The molecule has 0 unspecified atom stereocenters. The van der Waals surface area contributed by atoms with E-state index in [0.29, 0.717) is 21.3 Å². The van der Waals surface area contributed by atoms with Gasteiger partial charge in [-0.3, -0.25) is 0 Å². The van der Waals surface area contributed by atoms with E-state index in [2.05, 4.69) is 0 Å². The third kappa shape index (κ3) is 5.25. The number of halogens is 4. The molecule has 0 aromatic heterocycles. The Morgan fingerprint density at radius 3 is 1.41 bits per heavy atom. The van der Waals surface area contributed by atoms with Crippen LogP contribution in [0.3, 0.4) is 0 Å². The molecule has 0 atom stereocenters. The van der Waals surface area contributed by atoms with Gasteiger partial charge in [0.15, 0.2) is 0 Å². The largest absolute Gasteiger partial charge is 0.207 e. The SMILES string of the molecule is Fc1ccc(SCCCCSc2ccc(F)cc2F)c(F)c1. The zero-order valence-corrected chi connectivity index (χ0v) is 13.3. The van der Waals surface area contributed by atoms with Gasteiger partial charge < -0.3 is 0 Å². The predicted molar refractivity (Wildman–Crippen MR) is 83.4 cm³/mol. The second-order valence-electron chi connectivity index (χ2n) is 4.55. The van der Waals surface area contributed by atoms with E-state index < -0.39 is 23.3 Å². The summed E-state index contributed by atoms with van der Waals surface area (Å²) in [5, 5.41) is 0. The highest BCUT2D eigenvalue weighted by molar-refractivity contribution is 7.99. The summed E-state index contributed by atoms with van der Waals surface area (Å²) in [6.45, 7) is 0. The summed E-state index contributed by atoms with van der Waals surface area (Å²) in [4.78, 5) is 0.859. The molecule has 0 aliphatic carbocycles. The van der Waals surface area contributed by atoms with Crippen molar-refractivity contribution in [1.82, 2.24) is 0 Å². The van der Waals surface area contributed by atoms with Crippen molar-refractivity contribution in [2.45, 2.75) is 22.6 Å². The van der Waals surface area contributed by atoms with Crippen LogP contribution >= 0.6 is 23.5 Å². The maximum Gasteiger partial charge on any atom is 0.139 e. The first-order valence-electron chi connectivity index (χ1n) is 6.72. The van der Waals surface area contributed by atoms with Gasteiger partial charge in [0.25, 0.3) is 0 Å². The first-order chi connectivity index (χ1) is 10.6. The summed E-state index contributed by atoms with van der Waals surface area (Å²) in [6, 6.07) is 7.07. The van der Waals surface area contributed by atoms with Gasteiger partial charge in [0.1, 0.15) is 23.3 Å². The second-order valence-corrected chi connectivity index (χ2v) is 6.83. The van der Waals surface area contributed by atoms with E-state index in [1.54, 1.807) is 0 Å². The number of benzene rings is 2. The maximum atomic E-state index is 13.4. The summed E-state index contributed by atoms with van der Waals surface area (Å²) in [5.41, 5.74) is 0. The molecule has 0 heterocycles. The van der Waals surface area contributed by atoms with Gasteiger partial charge in [-0.05, 0) is 48.6 Å².